The van der Waals surface area contributed by atoms with E-state index >= 15 is 0 Å². The van der Waals surface area contributed by atoms with E-state index in [1.165, 1.54) is 32.1 Å². The SMILES string of the molecule is O=C(OCCCCCCCOCC1CCC2OC2C1)C1CC2CC(C1)O2. The molecule has 26 heavy (non-hydrogen) atoms. The van der Waals surface area contributed by atoms with Crippen LogP contribution in [0.2, 0.25) is 0 Å². The lowest BCUT2D eigenvalue weighted by Gasteiger charge is -2.44. The van der Waals surface area contributed by atoms with Gasteiger partial charge in [-0.1, -0.05) is 19.3 Å². The lowest BCUT2D eigenvalue weighted by Crippen LogP contribution is -2.47. The molecule has 0 aromatic carbocycles. The number of hydrogen-bond acceptors (Lipinski definition) is 5. The van der Waals surface area contributed by atoms with Crippen molar-refractivity contribution in [3.8, 4) is 0 Å². The summed E-state index contributed by atoms with van der Waals surface area (Å²) in [4.78, 5) is 12.0. The van der Waals surface area contributed by atoms with Crippen LogP contribution >= 0.6 is 0 Å². The number of rotatable bonds is 11. The maximum atomic E-state index is 12.0. The minimum atomic E-state index is 0.00188. The van der Waals surface area contributed by atoms with Gasteiger partial charge in [0.2, 0.25) is 0 Å². The van der Waals surface area contributed by atoms with Crippen molar-refractivity contribution < 1.29 is 23.7 Å². The van der Waals surface area contributed by atoms with Gasteiger partial charge >= 0.3 is 5.97 Å². The van der Waals surface area contributed by atoms with E-state index < -0.39 is 0 Å². The molecule has 0 aromatic heterocycles. The standard InChI is InChI=1S/C21H34O5/c22-21(16-11-17-13-18(12-16)25-17)24-9-5-3-1-2-4-8-23-14-15-6-7-19-20(10-15)26-19/h15-20H,1-14H2. The highest BCUT2D eigenvalue weighted by atomic mass is 16.6. The number of carbonyl (C=O) groups is 1. The van der Waals surface area contributed by atoms with Crippen LogP contribution in [-0.4, -0.2) is 50.2 Å². The molecule has 2 saturated carbocycles. The number of ether oxygens (including phenoxy) is 4. The first-order chi connectivity index (χ1) is 12.8. The smallest absolute Gasteiger partial charge is 0.309 e. The minimum Gasteiger partial charge on any atom is -0.465 e. The van der Waals surface area contributed by atoms with Crippen molar-refractivity contribution in [2.45, 2.75) is 95.0 Å². The van der Waals surface area contributed by atoms with Gasteiger partial charge in [-0.15, -0.1) is 0 Å². The molecule has 2 bridgehead atoms. The Labute approximate surface area is 157 Å². The molecular formula is C21H34O5. The topological polar surface area (TPSA) is 57.3 Å². The van der Waals surface area contributed by atoms with Gasteiger partial charge < -0.3 is 18.9 Å². The molecule has 0 aromatic rings. The summed E-state index contributed by atoms with van der Waals surface area (Å²) in [7, 11) is 0. The second-order valence-corrected chi connectivity index (χ2v) is 8.69. The highest BCUT2D eigenvalue weighted by Crippen LogP contribution is 2.39. The molecule has 0 radical (unpaired) electrons. The van der Waals surface area contributed by atoms with Crippen LogP contribution in [-0.2, 0) is 23.7 Å². The highest BCUT2D eigenvalue weighted by Gasteiger charge is 2.44. The first-order valence-electron chi connectivity index (χ1n) is 10.8. The maximum absolute atomic E-state index is 12.0. The van der Waals surface area contributed by atoms with Crippen molar-refractivity contribution in [3.63, 3.8) is 0 Å². The van der Waals surface area contributed by atoms with Crippen LogP contribution in [0.5, 0.6) is 0 Å². The zero-order valence-corrected chi connectivity index (χ0v) is 15.9. The molecule has 148 valence electrons. The van der Waals surface area contributed by atoms with Gasteiger partial charge in [-0.2, -0.15) is 0 Å². The van der Waals surface area contributed by atoms with Crippen LogP contribution in [0.4, 0.5) is 0 Å². The van der Waals surface area contributed by atoms with Crippen molar-refractivity contribution in [1.82, 2.24) is 0 Å². The summed E-state index contributed by atoms with van der Waals surface area (Å²) in [6.07, 6.45) is 14.0. The molecule has 3 heterocycles. The van der Waals surface area contributed by atoms with Crippen molar-refractivity contribution in [3.05, 3.63) is 0 Å². The Morgan fingerprint density at radius 1 is 0.808 bits per heavy atom. The van der Waals surface area contributed by atoms with Crippen LogP contribution < -0.4 is 0 Å². The predicted octanol–water partition coefficient (Wildman–Crippen LogP) is 3.63. The number of unbranched alkanes of at least 4 members (excludes halogenated alkanes) is 4. The van der Waals surface area contributed by atoms with Crippen molar-refractivity contribution in [1.29, 1.82) is 0 Å². The average molecular weight is 366 g/mol. The van der Waals surface area contributed by atoms with Crippen LogP contribution in [0.25, 0.3) is 0 Å². The van der Waals surface area contributed by atoms with Gasteiger partial charge in [-0.3, -0.25) is 4.79 Å². The molecule has 5 atom stereocenters. The van der Waals surface area contributed by atoms with Gasteiger partial charge in [0, 0.05) is 13.2 Å². The molecule has 5 aliphatic rings. The first-order valence-corrected chi connectivity index (χ1v) is 10.8. The van der Waals surface area contributed by atoms with Gasteiger partial charge in [0.15, 0.2) is 0 Å². The van der Waals surface area contributed by atoms with Crippen molar-refractivity contribution in [2.75, 3.05) is 19.8 Å². The molecule has 5 heteroatoms. The summed E-state index contributed by atoms with van der Waals surface area (Å²) in [5, 5.41) is 0. The number of esters is 1. The van der Waals surface area contributed by atoms with Crippen LogP contribution in [0.15, 0.2) is 0 Å². The van der Waals surface area contributed by atoms with Crippen LogP contribution in [0, 0.1) is 11.8 Å². The summed E-state index contributed by atoms with van der Waals surface area (Å²) in [5.74, 6) is 0.809. The Morgan fingerprint density at radius 2 is 1.54 bits per heavy atom. The van der Waals surface area contributed by atoms with E-state index in [0.717, 1.165) is 57.7 Å². The fourth-order valence-corrected chi connectivity index (χ4v) is 4.80. The van der Waals surface area contributed by atoms with Crippen LogP contribution in [0.1, 0.15) is 70.6 Å². The minimum absolute atomic E-state index is 0.00188. The molecule has 0 amide bonds. The molecular weight excluding hydrogens is 332 g/mol. The lowest BCUT2D eigenvalue weighted by atomic mass is 9.81. The Kier molecular flexibility index (Phi) is 6.49. The Bertz CT molecular complexity index is 451. The largest absolute Gasteiger partial charge is 0.465 e. The Balaban J connectivity index is 0.922. The lowest BCUT2D eigenvalue weighted by molar-refractivity contribution is -0.188. The summed E-state index contributed by atoms with van der Waals surface area (Å²) in [5.41, 5.74) is 0. The molecule has 5 rings (SSSR count). The maximum Gasteiger partial charge on any atom is 0.309 e. The van der Waals surface area contributed by atoms with E-state index in [9.17, 15) is 4.79 Å². The van der Waals surface area contributed by atoms with Crippen molar-refractivity contribution >= 4 is 5.97 Å². The molecule has 3 aliphatic heterocycles. The van der Waals surface area contributed by atoms with E-state index in [2.05, 4.69) is 0 Å². The van der Waals surface area contributed by atoms with Gasteiger partial charge in [-0.25, -0.2) is 0 Å². The summed E-state index contributed by atoms with van der Waals surface area (Å²) in [6.45, 7) is 2.37. The van der Waals surface area contributed by atoms with E-state index in [0.29, 0.717) is 31.0 Å². The fraction of sp³-hybridized carbons (Fsp3) is 0.952. The third-order valence-corrected chi connectivity index (χ3v) is 6.48. The molecule has 5 unspecified atom stereocenters. The third-order valence-electron chi connectivity index (χ3n) is 6.48. The Hall–Kier alpha value is -0.650. The second kappa shape index (κ2) is 9.03. The van der Waals surface area contributed by atoms with Gasteiger partial charge in [-0.05, 0) is 57.3 Å². The van der Waals surface area contributed by atoms with Crippen molar-refractivity contribution in [2.24, 2.45) is 11.8 Å². The summed E-state index contributed by atoms with van der Waals surface area (Å²) in [6, 6.07) is 0. The molecule has 2 aliphatic carbocycles. The van der Waals surface area contributed by atoms with E-state index in [1.807, 2.05) is 0 Å². The monoisotopic (exact) mass is 366 g/mol. The van der Waals surface area contributed by atoms with Crippen LogP contribution in [0.3, 0.4) is 0 Å². The Morgan fingerprint density at radius 3 is 2.31 bits per heavy atom. The quantitative estimate of drug-likeness (QED) is 0.317. The van der Waals surface area contributed by atoms with E-state index in [4.69, 9.17) is 18.9 Å². The highest BCUT2D eigenvalue weighted by molar-refractivity contribution is 5.72. The molecule has 5 nitrogen and oxygen atoms in total. The average Bonchev–Trinajstić information content (AvgIpc) is 3.41. The molecule has 0 spiro atoms. The van der Waals surface area contributed by atoms with Gasteiger partial charge in [0.25, 0.3) is 0 Å². The molecule has 3 saturated heterocycles. The first kappa shape index (κ1) is 18.7. The van der Waals surface area contributed by atoms with Gasteiger partial charge in [0.05, 0.1) is 36.9 Å². The second-order valence-electron chi connectivity index (χ2n) is 8.69. The number of carbonyl (C=O) groups excluding carboxylic acids is 1. The summed E-state index contributed by atoms with van der Waals surface area (Å²) >= 11 is 0. The zero-order valence-electron chi connectivity index (χ0n) is 15.9. The van der Waals surface area contributed by atoms with E-state index in [-0.39, 0.29) is 11.9 Å². The zero-order chi connectivity index (χ0) is 17.8. The summed E-state index contributed by atoms with van der Waals surface area (Å²) < 4.78 is 22.4. The molecule has 0 N–H and O–H groups in total. The van der Waals surface area contributed by atoms with E-state index in [1.54, 1.807) is 0 Å². The number of hydrogen-bond donors (Lipinski definition) is 0. The van der Waals surface area contributed by atoms with Gasteiger partial charge in [0.1, 0.15) is 0 Å². The number of epoxide rings is 1. The predicted molar refractivity (Wildman–Crippen MR) is 96.9 cm³/mol. The molecule has 5 fully saturated rings. The third kappa shape index (κ3) is 5.20. The normalized spacial score (nSPS) is 37.5. The number of fused-ring (bicyclic) bond motifs is 3. The fourth-order valence-electron chi connectivity index (χ4n) is 4.80.